The molecule has 0 spiro atoms. The Kier molecular flexibility index (Phi) is 4.41. The van der Waals surface area contributed by atoms with Gasteiger partial charge in [-0.15, -0.1) is 0 Å². The second-order valence-electron chi connectivity index (χ2n) is 4.40. The summed E-state index contributed by atoms with van der Waals surface area (Å²) in [5, 5.41) is 0.312. The average molecular weight is 191 g/mol. The SMILES string of the molecule is CC(C)C=C[SiH](Cl)C(C)(C)C. The van der Waals surface area contributed by atoms with Crippen LogP contribution in [-0.2, 0) is 0 Å². The monoisotopic (exact) mass is 190 g/mol. The summed E-state index contributed by atoms with van der Waals surface area (Å²) < 4.78 is 0. The summed E-state index contributed by atoms with van der Waals surface area (Å²) in [5.41, 5.74) is 2.23. The zero-order chi connectivity index (χ0) is 9.07. The standard InChI is InChI=1S/C9H19ClSi/c1-8(2)6-7-11(10)9(3,4)5/h6-8,11H,1-5H3. The molecule has 1 unspecified atom stereocenters. The van der Waals surface area contributed by atoms with Crippen molar-refractivity contribution in [2.24, 2.45) is 5.92 Å². The average Bonchev–Trinajstić information content (AvgIpc) is 1.80. The molecule has 66 valence electrons. The molecule has 0 saturated heterocycles. The Hall–Kier alpha value is 0.247. The molecule has 0 aliphatic rings. The smallest absolute Gasteiger partial charge is 0.166 e. The minimum atomic E-state index is -1.15. The van der Waals surface area contributed by atoms with Crippen molar-refractivity contribution in [1.29, 1.82) is 0 Å². The van der Waals surface area contributed by atoms with Crippen LogP contribution in [0.3, 0.4) is 0 Å². The number of hydrogen-bond acceptors (Lipinski definition) is 0. The van der Waals surface area contributed by atoms with Gasteiger partial charge in [-0.3, -0.25) is 0 Å². The number of halogens is 1. The Balaban J connectivity index is 3.97. The summed E-state index contributed by atoms with van der Waals surface area (Å²) in [4.78, 5) is 0. The molecule has 0 bridgehead atoms. The minimum Gasteiger partial charge on any atom is -0.166 e. The summed E-state index contributed by atoms with van der Waals surface area (Å²) in [7, 11) is -1.15. The van der Waals surface area contributed by atoms with E-state index in [1.54, 1.807) is 0 Å². The predicted molar refractivity (Wildman–Crippen MR) is 56.7 cm³/mol. The summed E-state index contributed by atoms with van der Waals surface area (Å²) >= 11 is 6.25. The molecule has 0 rings (SSSR count). The highest BCUT2D eigenvalue weighted by atomic mass is 35.6. The van der Waals surface area contributed by atoms with Crippen LogP contribution >= 0.6 is 11.1 Å². The van der Waals surface area contributed by atoms with Crippen LogP contribution in [0, 0.1) is 5.92 Å². The molecule has 0 aromatic rings. The lowest BCUT2D eigenvalue weighted by Gasteiger charge is -2.20. The van der Waals surface area contributed by atoms with Gasteiger partial charge in [0, 0.05) is 0 Å². The van der Waals surface area contributed by atoms with Gasteiger partial charge in [-0.25, -0.2) is 0 Å². The van der Waals surface area contributed by atoms with E-state index in [2.05, 4.69) is 46.4 Å². The molecule has 0 amide bonds. The highest BCUT2D eigenvalue weighted by Gasteiger charge is 2.21. The molecular formula is C9H19ClSi. The first-order chi connectivity index (χ1) is 4.84. The van der Waals surface area contributed by atoms with Gasteiger partial charge in [0.25, 0.3) is 0 Å². The lowest BCUT2D eigenvalue weighted by Crippen LogP contribution is -2.16. The first-order valence-electron chi connectivity index (χ1n) is 4.16. The van der Waals surface area contributed by atoms with Crippen LogP contribution in [0.2, 0.25) is 5.04 Å². The summed E-state index contributed by atoms with van der Waals surface area (Å²) in [6, 6.07) is 0. The van der Waals surface area contributed by atoms with Crippen LogP contribution in [0.4, 0.5) is 0 Å². The Morgan fingerprint density at radius 3 is 2.00 bits per heavy atom. The van der Waals surface area contributed by atoms with Crippen LogP contribution < -0.4 is 0 Å². The van der Waals surface area contributed by atoms with Crippen molar-refractivity contribution in [1.82, 2.24) is 0 Å². The Morgan fingerprint density at radius 2 is 1.73 bits per heavy atom. The van der Waals surface area contributed by atoms with Crippen molar-refractivity contribution in [3.05, 3.63) is 11.8 Å². The first-order valence-corrected chi connectivity index (χ1v) is 7.15. The second-order valence-corrected chi connectivity index (χ2v) is 8.73. The van der Waals surface area contributed by atoms with Crippen molar-refractivity contribution >= 4 is 19.2 Å². The molecule has 0 saturated carbocycles. The molecule has 1 atom stereocenters. The van der Waals surface area contributed by atoms with Crippen LogP contribution in [0.5, 0.6) is 0 Å². The van der Waals surface area contributed by atoms with E-state index in [0.29, 0.717) is 11.0 Å². The fraction of sp³-hybridized carbons (Fsp3) is 0.778. The quantitative estimate of drug-likeness (QED) is 0.462. The van der Waals surface area contributed by atoms with Gasteiger partial charge in [-0.1, -0.05) is 46.4 Å². The maximum atomic E-state index is 6.25. The van der Waals surface area contributed by atoms with E-state index >= 15 is 0 Å². The normalized spacial score (nSPS) is 16.3. The minimum absolute atomic E-state index is 0.312. The van der Waals surface area contributed by atoms with Gasteiger partial charge in [0.05, 0.1) is 0 Å². The van der Waals surface area contributed by atoms with E-state index < -0.39 is 8.11 Å². The van der Waals surface area contributed by atoms with Gasteiger partial charge in [0.15, 0.2) is 8.11 Å². The molecule has 0 nitrogen and oxygen atoms in total. The van der Waals surface area contributed by atoms with E-state index in [-0.39, 0.29) is 0 Å². The number of rotatable bonds is 2. The molecular weight excluding hydrogens is 172 g/mol. The molecule has 0 aromatic carbocycles. The summed E-state index contributed by atoms with van der Waals surface area (Å²) in [6.07, 6.45) is 2.22. The van der Waals surface area contributed by atoms with Crippen molar-refractivity contribution in [2.45, 2.75) is 39.7 Å². The van der Waals surface area contributed by atoms with E-state index in [0.717, 1.165) is 0 Å². The van der Waals surface area contributed by atoms with Crippen LogP contribution in [-0.4, -0.2) is 8.11 Å². The van der Waals surface area contributed by atoms with Gasteiger partial charge in [0.1, 0.15) is 0 Å². The van der Waals surface area contributed by atoms with Crippen molar-refractivity contribution in [3.63, 3.8) is 0 Å². The highest BCUT2D eigenvalue weighted by molar-refractivity contribution is 7.11. The molecule has 0 aliphatic heterocycles. The molecule has 0 fully saturated rings. The van der Waals surface area contributed by atoms with E-state index in [9.17, 15) is 0 Å². The first kappa shape index (κ1) is 11.2. The zero-order valence-electron chi connectivity index (χ0n) is 8.19. The highest BCUT2D eigenvalue weighted by Crippen LogP contribution is 2.29. The topological polar surface area (TPSA) is 0 Å². The van der Waals surface area contributed by atoms with Crippen molar-refractivity contribution in [2.75, 3.05) is 0 Å². The van der Waals surface area contributed by atoms with Gasteiger partial charge < -0.3 is 0 Å². The third-order valence-electron chi connectivity index (χ3n) is 1.49. The van der Waals surface area contributed by atoms with E-state index in [4.69, 9.17) is 11.1 Å². The molecule has 0 radical (unpaired) electrons. The maximum Gasteiger partial charge on any atom is 0.169 e. The van der Waals surface area contributed by atoms with E-state index in [1.807, 2.05) is 0 Å². The molecule has 0 N–H and O–H groups in total. The van der Waals surface area contributed by atoms with Crippen molar-refractivity contribution < 1.29 is 0 Å². The predicted octanol–water partition coefficient (Wildman–Crippen LogP) is 3.50. The third kappa shape index (κ3) is 5.51. The summed E-state index contributed by atoms with van der Waals surface area (Å²) in [6.45, 7) is 11.0. The van der Waals surface area contributed by atoms with Crippen LogP contribution in [0.25, 0.3) is 0 Å². The lowest BCUT2D eigenvalue weighted by molar-refractivity contribution is 0.752. The lowest BCUT2D eigenvalue weighted by atomic mass is 10.2. The second kappa shape index (κ2) is 4.32. The van der Waals surface area contributed by atoms with Gasteiger partial charge >= 0.3 is 0 Å². The molecule has 0 heterocycles. The maximum absolute atomic E-state index is 6.25. The summed E-state index contributed by atoms with van der Waals surface area (Å²) in [5.74, 6) is 0.631. The molecule has 11 heavy (non-hydrogen) atoms. The third-order valence-corrected chi connectivity index (χ3v) is 6.11. The van der Waals surface area contributed by atoms with Gasteiger partial charge in [0.2, 0.25) is 0 Å². The molecule has 0 aromatic heterocycles. The fourth-order valence-electron chi connectivity index (χ4n) is 0.608. The Labute approximate surface area is 77.0 Å². The Morgan fingerprint density at radius 1 is 1.27 bits per heavy atom. The van der Waals surface area contributed by atoms with E-state index in [1.165, 1.54) is 0 Å². The Bertz CT molecular complexity index is 133. The number of hydrogen-bond donors (Lipinski definition) is 0. The van der Waals surface area contributed by atoms with Crippen LogP contribution in [0.15, 0.2) is 11.8 Å². The molecule has 2 heteroatoms. The van der Waals surface area contributed by atoms with Gasteiger partial charge in [-0.2, -0.15) is 11.1 Å². The van der Waals surface area contributed by atoms with Crippen LogP contribution in [0.1, 0.15) is 34.6 Å². The van der Waals surface area contributed by atoms with Gasteiger partial charge in [-0.05, 0) is 11.0 Å². The zero-order valence-corrected chi connectivity index (χ0v) is 10.1. The largest absolute Gasteiger partial charge is 0.169 e. The molecule has 0 aliphatic carbocycles. The van der Waals surface area contributed by atoms with Crippen molar-refractivity contribution in [3.8, 4) is 0 Å². The number of allylic oxidation sites excluding steroid dienone is 1. The fourth-order valence-corrected chi connectivity index (χ4v) is 2.08.